The summed E-state index contributed by atoms with van der Waals surface area (Å²) in [5.74, 6) is 0. The van der Waals surface area contributed by atoms with E-state index >= 15 is 0 Å². The average Bonchev–Trinajstić information content (AvgIpc) is 3.15. The summed E-state index contributed by atoms with van der Waals surface area (Å²) in [5, 5.41) is 13.1. The highest BCUT2D eigenvalue weighted by Gasteiger charge is 2.31. The second-order valence-electron chi connectivity index (χ2n) is 6.39. The molecular weight excluding hydrogens is 226 g/mol. The van der Waals surface area contributed by atoms with Gasteiger partial charge in [-0.3, -0.25) is 0 Å². The minimum absolute atomic E-state index is 0.0618. The zero-order valence-corrected chi connectivity index (χ0v) is 12.0. The number of aliphatic hydroxyl groups is 1. The Morgan fingerprint density at radius 1 is 1.22 bits per heavy atom. The molecule has 0 aromatic heterocycles. The maximum Gasteiger partial charge on any atom is 0.0610 e. The van der Waals surface area contributed by atoms with Gasteiger partial charge >= 0.3 is 0 Å². The molecule has 1 unspecified atom stereocenters. The number of aliphatic hydroxyl groups excluding tert-OH is 1. The number of nitrogens with zero attached hydrogens (tertiary/aromatic N) is 2. The standard InChI is InChI=1S/C14H29N3O/c1-14(12-18,15-13-4-5-13)6-3-7-17-10-8-16(2)9-11-17/h13,15,18H,3-12H2,1-2H3. The average molecular weight is 255 g/mol. The molecule has 2 fully saturated rings. The monoisotopic (exact) mass is 255 g/mol. The second-order valence-corrected chi connectivity index (χ2v) is 6.39. The van der Waals surface area contributed by atoms with Crippen LogP contribution in [0.25, 0.3) is 0 Å². The molecule has 1 aliphatic carbocycles. The molecule has 4 nitrogen and oxygen atoms in total. The van der Waals surface area contributed by atoms with Crippen molar-refractivity contribution in [2.24, 2.45) is 0 Å². The summed E-state index contributed by atoms with van der Waals surface area (Å²) in [4.78, 5) is 4.94. The second kappa shape index (κ2) is 6.33. The van der Waals surface area contributed by atoms with Crippen LogP contribution in [-0.4, -0.2) is 72.9 Å². The Morgan fingerprint density at radius 3 is 2.44 bits per heavy atom. The van der Waals surface area contributed by atoms with Crippen LogP contribution in [0.2, 0.25) is 0 Å². The van der Waals surface area contributed by atoms with Crippen molar-refractivity contribution in [2.45, 2.75) is 44.2 Å². The SMILES string of the molecule is CN1CCN(CCCC(C)(CO)NC2CC2)CC1. The topological polar surface area (TPSA) is 38.7 Å². The molecule has 0 radical (unpaired) electrons. The van der Waals surface area contributed by atoms with Gasteiger partial charge in [-0.15, -0.1) is 0 Å². The number of rotatable bonds is 7. The van der Waals surface area contributed by atoms with E-state index in [2.05, 4.69) is 29.1 Å². The van der Waals surface area contributed by atoms with Crippen LogP contribution in [-0.2, 0) is 0 Å². The van der Waals surface area contributed by atoms with Crippen molar-refractivity contribution in [1.82, 2.24) is 15.1 Å². The Bertz CT molecular complexity index is 249. The summed E-state index contributed by atoms with van der Waals surface area (Å²) < 4.78 is 0. The first-order valence-corrected chi connectivity index (χ1v) is 7.41. The zero-order chi connectivity index (χ0) is 13.0. The van der Waals surface area contributed by atoms with Gasteiger partial charge in [-0.1, -0.05) is 0 Å². The predicted molar refractivity (Wildman–Crippen MR) is 74.8 cm³/mol. The van der Waals surface area contributed by atoms with Crippen LogP contribution in [0.15, 0.2) is 0 Å². The van der Waals surface area contributed by atoms with Crippen molar-refractivity contribution in [3.05, 3.63) is 0 Å². The molecule has 2 N–H and O–H groups in total. The van der Waals surface area contributed by atoms with E-state index in [1.165, 1.54) is 52.0 Å². The lowest BCUT2D eigenvalue weighted by molar-refractivity contribution is 0.133. The van der Waals surface area contributed by atoms with Gasteiger partial charge in [0.25, 0.3) is 0 Å². The maximum absolute atomic E-state index is 9.55. The highest BCUT2D eigenvalue weighted by Crippen LogP contribution is 2.24. The minimum atomic E-state index is -0.0618. The highest BCUT2D eigenvalue weighted by molar-refractivity contribution is 4.92. The Labute approximate surface area is 111 Å². The lowest BCUT2D eigenvalue weighted by Crippen LogP contribution is -2.48. The molecule has 1 saturated heterocycles. The molecule has 0 aromatic carbocycles. The van der Waals surface area contributed by atoms with Crippen LogP contribution < -0.4 is 5.32 Å². The first-order chi connectivity index (χ1) is 8.61. The molecule has 106 valence electrons. The van der Waals surface area contributed by atoms with Gasteiger partial charge in [-0.05, 0) is 46.2 Å². The van der Waals surface area contributed by atoms with Gasteiger partial charge in [-0.25, -0.2) is 0 Å². The number of nitrogens with one attached hydrogen (secondary N) is 1. The number of piperazine rings is 1. The number of hydrogen-bond donors (Lipinski definition) is 2. The molecule has 2 aliphatic rings. The summed E-state index contributed by atoms with van der Waals surface area (Å²) >= 11 is 0. The number of hydrogen-bond acceptors (Lipinski definition) is 4. The van der Waals surface area contributed by atoms with Crippen LogP contribution >= 0.6 is 0 Å². The molecule has 0 bridgehead atoms. The van der Waals surface area contributed by atoms with Crippen molar-refractivity contribution < 1.29 is 5.11 Å². The van der Waals surface area contributed by atoms with Gasteiger partial charge in [0.05, 0.1) is 6.61 Å². The molecule has 2 rings (SSSR count). The van der Waals surface area contributed by atoms with Crippen molar-refractivity contribution in [2.75, 3.05) is 46.4 Å². The summed E-state index contributed by atoms with van der Waals surface area (Å²) in [7, 11) is 2.19. The smallest absolute Gasteiger partial charge is 0.0610 e. The Balaban J connectivity index is 1.63. The van der Waals surface area contributed by atoms with Crippen molar-refractivity contribution >= 4 is 0 Å². The molecular formula is C14H29N3O. The van der Waals surface area contributed by atoms with E-state index in [-0.39, 0.29) is 12.1 Å². The third-order valence-electron chi connectivity index (χ3n) is 4.28. The van der Waals surface area contributed by atoms with E-state index in [1.807, 2.05) is 0 Å². The fourth-order valence-corrected chi connectivity index (χ4v) is 2.68. The normalized spacial score (nSPS) is 26.2. The summed E-state index contributed by atoms with van der Waals surface area (Å²) in [6.45, 7) is 8.37. The van der Waals surface area contributed by atoms with E-state index in [1.54, 1.807) is 0 Å². The third kappa shape index (κ3) is 4.50. The third-order valence-corrected chi connectivity index (χ3v) is 4.28. The lowest BCUT2D eigenvalue weighted by atomic mass is 9.96. The van der Waals surface area contributed by atoms with Crippen molar-refractivity contribution in [3.8, 4) is 0 Å². The van der Waals surface area contributed by atoms with Crippen LogP contribution in [0.1, 0.15) is 32.6 Å². The molecule has 0 aromatic rings. The van der Waals surface area contributed by atoms with E-state index in [4.69, 9.17) is 0 Å². The molecule has 18 heavy (non-hydrogen) atoms. The Kier molecular flexibility index (Phi) is 5.01. The van der Waals surface area contributed by atoms with E-state index < -0.39 is 0 Å². The summed E-state index contributed by atoms with van der Waals surface area (Å²) in [6.07, 6.45) is 4.83. The molecule has 1 saturated carbocycles. The van der Waals surface area contributed by atoms with E-state index in [9.17, 15) is 5.11 Å². The molecule has 0 spiro atoms. The van der Waals surface area contributed by atoms with Crippen LogP contribution in [0.4, 0.5) is 0 Å². The number of likely N-dealkylation sites (N-methyl/N-ethyl adjacent to an activating group) is 1. The Hall–Kier alpha value is -0.160. The van der Waals surface area contributed by atoms with Gasteiger partial charge in [0.1, 0.15) is 0 Å². The van der Waals surface area contributed by atoms with Crippen LogP contribution in [0.3, 0.4) is 0 Å². The van der Waals surface area contributed by atoms with Gasteiger partial charge < -0.3 is 20.2 Å². The van der Waals surface area contributed by atoms with Gasteiger partial charge in [0.2, 0.25) is 0 Å². The highest BCUT2D eigenvalue weighted by atomic mass is 16.3. The fourth-order valence-electron chi connectivity index (χ4n) is 2.68. The molecule has 1 heterocycles. The first-order valence-electron chi connectivity index (χ1n) is 7.41. The van der Waals surface area contributed by atoms with Crippen LogP contribution in [0, 0.1) is 0 Å². The minimum Gasteiger partial charge on any atom is -0.394 e. The van der Waals surface area contributed by atoms with Gasteiger partial charge in [-0.2, -0.15) is 0 Å². The maximum atomic E-state index is 9.55. The summed E-state index contributed by atoms with van der Waals surface area (Å²) in [6, 6.07) is 0.672. The van der Waals surface area contributed by atoms with Crippen molar-refractivity contribution in [3.63, 3.8) is 0 Å². The van der Waals surface area contributed by atoms with Gasteiger partial charge in [0.15, 0.2) is 0 Å². The fraction of sp³-hybridized carbons (Fsp3) is 1.00. The summed E-state index contributed by atoms with van der Waals surface area (Å²) in [5.41, 5.74) is -0.0618. The largest absolute Gasteiger partial charge is 0.394 e. The van der Waals surface area contributed by atoms with Crippen LogP contribution in [0.5, 0.6) is 0 Å². The molecule has 1 aliphatic heterocycles. The first kappa shape index (κ1) is 14.3. The van der Waals surface area contributed by atoms with E-state index in [0.29, 0.717) is 6.04 Å². The molecule has 0 amide bonds. The quantitative estimate of drug-likeness (QED) is 0.695. The molecule has 4 heteroatoms. The lowest BCUT2D eigenvalue weighted by Gasteiger charge is -2.34. The Morgan fingerprint density at radius 2 is 1.89 bits per heavy atom. The predicted octanol–water partition coefficient (Wildman–Crippen LogP) is 0.517. The van der Waals surface area contributed by atoms with Gasteiger partial charge in [0, 0.05) is 37.8 Å². The van der Waals surface area contributed by atoms with Crippen molar-refractivity contribution in [1.29, 1.82) is 0 Å². The molecule has 1 atom stereocenters. The van der Waals surface area contributed by atoms with E-state index in [0.717, 1.165) is 6.42 Å². The zero-order valence-electron chi connectivity index (χ0n) is 12.0.